The second-order valence-corrected chi connectivity index (χ2v) is 4.24. The fourth-order valence-corrected chi connectivity index (χ4v) is 1.64. The fraction of sp³-hybridized carbons (Fsp3) is 0.429. The minimum absolute atomic E-state index is 0.0800. The van der Waals surface area contributed by atoms with E-state index in [0.717, 1.165) is 12.8 Å². The van der Waals surface area contributed by atoms with Crippen LogP contribution in [0.2, 0.25) is 0 Å². The average molecular weight is 245 g/mol. The van der Waals surface area contributed by atoms with Crippen LogP contribution >= 0.6 is 0 Å². The van der Waals surface area contributed by atoms with Gasteiger partial charge >= 0.3 is 0 Å². The number of carbonyl (C=O) groups is 1. The van der Waals surface area contributed by atoms with E-state index in [4.69, 9.17) is 14.7 Å². The number of rotatable bonds is 6. The van der Waals surface area contributed by atoms with Gasteiger partial charge in [-0.25, -0.2) is 0 Å². The fourth-order valence-electron chi connectivity index (χ4n) is 1.64. The molecular weight excluding hydrogens is 230 g/mol. The maximum absolute atomic E-state index is 11.6. The number of hydrogen-bond acceptors (Lipinski definition) is 4. The summed E-state index contributed by atoms with van der Waals surface area (Å²) in [6.45, 7) is 2.43. The molecule has 18 heavy (non-hydrogen) atoms. The van der Waals surface area contributed by atoms with E-state index < -0.39 is 0 Å². The molecule has 0 saturated heterocycles. The topological polar surface area (TPSA) is 59.3 Å². The van der Waals surface area contributed by atoms with Crippen molar-refractivity contribution in [2.45, 2.75) is 19.8 Å². The van der Waals surface area contributed by atoms with Crippen molar-refractivity contribution in [1.82, 2.24) is 0 Å². The Kier molecular flexibility index (Phi) is 3.83. The van der Waals surface area contributed by atoms with E-state index in [9.17, 15) is 4.79 Å². The minimum atomic E-state index is 0.0800. The van der Waals surface area contributed by atoms with Gasteiger partial charge in [0.2, 0.25) is 0 Å². The molecule has 0 radical (unpaired) electrons. The third-order valence-corrected chi connectivity index (χ3v) is 2.78. The Morgan fingerprint density at radius 1 is 1.39 bits per heavy atom. The first-order chi connectivity index (χ1) is 8.74. The smallest absolute Gasteiger partial charge is 0.173 e. The Labute approximate surface area is 106 Å². The van der Waals surface area contributed by atoms with E-state index in [0.29, 0.717) is 23.7 Å². The molecule has 0 unspecified atom stereocenters. The van der Waals surface area contributed by atoms with Gasteiger partial charge < -0.3 is 9.47 Å². The maximum atomic E-state index is 11.6. The van der Waals surface area contributed by atoms with E-state index in [-0.39, 0.29) is 18.3 Å². The predicted octanol–water partition coefficient (Wildman–Crippen LogP) is 2.31. The van der Waals surface area contributed by atoms with Gasteiger partial charge in [-0.1, -0.05) is 0 Å². The van der Waals surface area contributed by atoms with Crippen LogP contribution < -0.4 is 9.47 Å². The van der Waals surface area contributed by atoms with Crippen LogP contribution in [0.4, 0.5) is 0 Å². The number of nitriles is 1. The lowest BCUT2D eigenvalue weighted by Crippen LogP contribution is -2.13. The molecule has 2 rings (SSSR count). The van der Waals surface area contributed by atoms with Crippen molar-refractivity contribution >= 4 is 5.78 Å². The lowest BCUT2D eigenvalue weighted by molar-refractivity contribution is -0.122. The summed E-state index contributed by atoms with van der Waals surface area (Å²) < 4.78 is 10.9. The Morgan fingerprint density at radius 3 is 2.78 bits per heavy atom. The summed E-state index contributed by atoms with van der Waals surface area (Å²) in [5.74, 6) is 1.37. The standard InChI is InChI=1S/C14H15NO3/c1-2-17-14-7-10(8-15)3-6-13(14)18-9-12(16)11-4-5-11/h3,6-7,11H,2,4-5,9H2,1H3. The molecule has 1 aliphatic carbocycles. The van der Waals surface area contributed by atoms with Crippen molar-refractivity contribution in [3.05, 3.63) is 23.8 Å². The summed E-state index contributed by atoms with van der Waals surface area (Å²) in [6, 6.07) is 6.99. The molecule has 0 spiro atoms. The molecule has 0 amide bonds. The molecule has 1 aromatic carbocycles. The second kappa shape index (κ2) is 5.54. The Bertz CT molecular complexity index is 486. The molecule has 4 heteroatoms. The minimum Gasteiger partial charge on any atom is -0.490 e. The number of benzene rings is 1. The molecule has 4 nitrogen and oxygen atoms in total. The third-order valence-electron chi connectivity index (χ3n) is 2.78. The summed E-state index contributed by atoms with van der Waals surface area (Å²) in [5, 5.41) is 8.82. The van der Waals surface area contributed by atoms with E-state index in [1.54, 1.807) is 18.2 Å². The number of carbonyl (C=O) groups excluding carboxylic acids is 1. The normalized spacial score (nSPS) is 13.8. The van der Waals surface area contributed by atoms with Gasteiger partial charge in [0, 0.05) is 12.0 Å². The number of ether oxygens (including phenoxy) is 2. The highest BCUT2D eigenvalue weighted by atomic mass is 16.5. The average Bonchev–Trinajstić information content (AvgIpc) is 3.21. The van der Waals surface area contributed by atoms with Crippen LogP contribution in [-0.2, 0) is 4.79 Å². The molecule has 1 saturated carbocycles. The van der Waals surface area contributed by atoms with Gasteiger partial charge in [0.05, 0.1) is 18.2 Å². The van der Waals surface area contributed by atoms with Gasteiger partial charge in [0.1, 0.15) is 6.61 Å². The summed E-state index contributed by atoms with van der Waals surface area (Å²) in [6.07, 6.45) is 1.96. The zero-order valence-electron chi connectivity index (χ0n) is 10.3. The van der Waals surface area contributed by atoms with Crippen LogP contribution in [0, 0.1) is 17.2 Å². The van der Waals surface area contributed by atoms with Crippen molar-refractivity contribution < 1.29 is 14.3 Å². The third kappa shape index (κ3) is 3.01. The van der Waals surface area contributed by atoms with Crippen LogP contribution in [0.5, 0.6) is 11.5 Å². The number of Topliss-reactive ketones (excluding diaryl/α,β-unsaturated/α-hetero) is 1. The van der Waals surface area contributed by atoms with E-state index in [1.165, 1.54) is 0 Å². The first-order valence-electron chi connectivity index (χ1n) is 6.07. The molecule has 0 atom stereocenters. The summed E-state index contributed by atoms with van der Waals surface area (Å²) >= 11 is 0. The zero-order chi connectivity index (χ0) is 13.0. The summed E-state index contributed by atoms with van der Waals surface area (Å²) in [4.78, 5) is 11.6. The lowest BCUT2D eigenvalue weighted by Gasteiger charge is -2.11. The first kappa shape index (κ1) is 12.4. The molecule has 1 fully saturated rings. The molecule has 0 N–H and O–H groups in total. The van der Waals surface area contributed by atoms with Crippen LogP contribution in [-0.4, -0.2) is 19.0 Å². The molecule has 1 aliphatic rings. The SMILES string of the molecule is CCOc1cc(C#N)ccc1OCC(=O)C1CC1. The molecule has 0 aromatic heterocycles. The van der Waals surface area contributed by atoms with Crippen molar-refractivity contribution in [2.24, 2.45) is 5.92 Å². The quantitative estimate of drug-likeness (QED) is 0.771. The lowest BCUT2D eigenvalue weighted by atomic mass is 10.2. The summed E-state index contributed by atoms with van der Waals surface area (Å²) in [5.41, 5.74) is 0.513. The van der Waals surface area contributed by atoms with Crippen LogP contribution in [0.1, 0.15) is 25.3 Å². The predicted molar refractivity (Wildman–Crippen MR) is 65.6 cm³/mol. The molecule has 0 bridgehead atoms. The Hall–Kier alpha value is -2.02. The van der Waals surface area contributed by atoms with E-state index in [1.807, 2.05) is 13.0 Å². The van der Waals surface area contributed by atoms with E-state index >= 15 is 0 Å². The van der Waals surface area contributed by atoms with Crippen LogP contribution in [0.15, 0.2) is 18.2 Å². The van der Waals surface area contributed by atoms with Crippen LogP contribution in [0.3, 0.4) is 0 Å². The number of ketones is 1. The van der Waals surface area contributed by atoms with Gasteiger partial charge in [-0.2, -0.15) is 5.26 Å². The molecule has 0 heterocycles. The van der Waals surface area contributed by atoms with Gasteiger partial charge in [-0.3, -0.25) is 4.79 Å². The van der Waals surface area contributed by atoms with Crippen molar-refractivity contribution in [3.8, 4) is 17.6 Å². The van der Waals surface area contributed by atoms with Crippen molar-refractivity contribution in [1.29, 1.82) is 5.26 Å². The first-order valence-corrected chi connectivity index (χ1v) is 6.07. The number of hydrogen-bond donors (Lipinski definition) is 0. The maximum Gasteiger partial charge on any atom is 0.173 e. The second-order valence-electron chi connectivity index (χ2n) is 4.24. The largest absolute Gasteiger partial charge is 0.490 e. The highest BCUT2D eigenvalue weighted by Gasteiger charge is 2.29. The Balaban J connectivity index is 2.05. The molecule has 1 aromatic rings. The summed E-state index contributed by atoms with van der Waals surface area (Å²) in [7, 11) is 0. The monoisotopic (exact) mass is 245 g/mol. The van der Waals surface area contributed by atoms with Gasteiger partial charge in [0.15, 0.2) is 17.3 Å². The highest BCUT2D eigenvalue weighted by Crippen LogP contribution is 2.32. The van der Waals surface area contributed by atoms with Gasteiger partial charge in [-0.15, -0.1) is 0 Å². The Morgan fingerprint density at radius 2 is 2.17 bits per heavy atom. The van der Waals surface area contributed by atoms with Gasteiger partial charge in [0.25, 0.3) is 0 Å². The van der Waals surface area contributed by atoms with E-state index in [2.05, 4.69) is 0 Å². The molecule has 94 valence electrons. The van der Waals surface area contributed by atoms with Crippen molar-refractivity contribution in [2.75, 3.05) is 13.2 Å². The highest BCUT2D eigenvalue weighted by molar-refractivity contribution is 5.84. The van der Waals surface area contributed by atoms with Crippen molar-refractivity contribution in [3.63, 3.8) is 0 Å². The van der Waals surface area contributed by atoms with Crippen LogP contribution in [0.25, 0.3) is 0 Å². The van der Waals surface area contributed by atoms with Gasteiger partial charge in [-0.05, 0) is 31.9 Å². The molecular formula is C14H15NO3. The molecule has 0 aliphatic heterocycles. The zero-order valence-corrected chi connectivity index (χ0v) is 10.3. The number of nitrogens with zero attached hydrogens (tertiary/aromatic N) is 1.